The maximum absolute atomic E-state index is 15.8. The second-order valence-electron chi connectivity index (χ2n) is 26.2. The molecule has 0 spiro atoms. The first-order valence-corrected chi connectivity index (χ1v) is 24.9. The summed E-state index contributed by atoms with van der Waals surface area (Å²) in [6, 6.07) is 35.1. The maximum atomic E-state index is 15.8. The fourth-order valence-electron chi connectivity index (χ4n) is 10.1. The molecule has 1 heterocycles. The summed E-state index contributed by atoms with van der Waals surface area (Å²) in [6.07, 6.45) is 0.712. The van der Waals surface area contributed by atoms with E-state index in [1.54, 1.807) is 0 Å². The molecule has 6 aromatic carbocycles. The summed E-state index contributed by atoms with van der Waals surface area (Å²) in [5.74, 6) is 0.268. The molecule has 1 N–H and O–H groups in total. The van der Waals surface area contributed by atoms with Crippen molar-refractivity contribution in [3.8, 4) is 50.6 Å². The molecule has 0 amide bonds. The molecule has 0 unspecified atom stereocenters. The number of rotatable bonds is 8. The van der Waals surface area contributed by atoms with Crippen molar-refractivity contribution < 1.29 is 14.2 Å². The third kappa shape index (κ3) is 10.3. The molecule has 0 aliphatic rings. The average Bonchev–Trinajstić information content (AvgIpc) is 3.52. The highest BCUT2D eigenvalue weighted by Crippen LogP contribution is 2.49. The van der Waals surface area contributed by atoms with E-state index in [4.69, 9.17) is 4.74 Å². The van der Waals surface area contributed by atoms with Crippen molar-refractivity contribution in [3.63, 3.8) is 0 Å². The Balaban J connectivity index is 1.66. The Morgan fingerprint density at radius 1 is 0.500 bits per heavy atom. The zero-order valence-corrected chi connectivity index (χ0v) is 45.2. The first-order valence-electron chi connectivity index (χ1n) is 24.9. The molecule has 3 nitrogen and oxygen atoms in total. The second-order valence-corrected chi connectivity index (χ2v) is 26.2. The van der Waals surface area contributed by atoms with Crippen LogP contribution in [-0.4, -0.2) is 15.8 Å². The van der Waals surface area contributed by atoms with E-state index in [0.29, 0.717) is 28.1 Å². The van der Waals surface area contributed by atoms with Gasteiger partial charge in [-0.05, 0) is 152 Å². The van der Waals surface area contributed by atoms with Gasteiger partial charge in [-0.25, -0.2) is 4.39 Å². The van der Waals surface area contributed by atoms with Crippen molar-refractivity contribution in [3.05, 3.63) is 136 Å². The zero-order chi connectivity index (χ0) is 50.4. The van der Waals surface area contributed by atoms with E-state index in [0.717, 1.165) is 56.0 Å². The fraction of sp³-hybridized carbons (Fsp3) is 0.438. The highest BCUT2D eigenvalue weighted by Gasteiger charge is 2.32. The number of aromatic hydroxyl groups is 1. The van der Waals surface area contributed by atoms with Gasteiger partial charge in [-0.15, -0.1) is 0 Å². The van der Waals surface area contributed by atoms with Crippen LogP contribution in [-0.2, 0) is 27.1 Å². The molecular weight excluding hydrogens is 834 g/mol. The van der Waals surface area contributed by atoms with Crippen molar-refractivity contribution in [1.82, 2.24) is 4.57 Å². The molecule has 0 aliphatic heterocycles. The lowest BCUT2D eigenvalue weighted by Crippen LogP contribution is -2.25. The number of hydrogen-bond donors (Lipinski definition) is 1. The van der Waals surface area contributed by atoms with Crippen LogP contribution in [0.25, 0.3) is 60.9 Å². The third-order valence-electron chi connectivity index (χ3n) is 13.7. The first-order chi connectivity index (χ1) is 31.1. The summed E-state index contributed by atoms with van der Waals surface area (Å²) in [5, 5.41) is 15.3. The lowest BCUT2D eigenvalue weighted by atomic mass is 9.71. The molecule has 360 valence electrons. The lowest BCUT2D eigenvalue weighted by molar-refractivity contribution is 0.241. The predicted octanol–water partition coefficient (Wildman–Crippen LogP) is 18.6. The molecule has 1 aromatic heterocycles. The smallest absolute Gasteiger partial charge is 0.147 e. The minimum absolute atomic E-state index is 0.000711. The molecular formula is C64H80FNO2. The Morgan fingerprint density at radius 2 is 0.926 bits per heavy atom. The molecule has 0 saturated heterocycles. The maximum Gasteiger partial charge on any atom is 0.147 e. The van der Waals surface area contributed by atoms with E-state index in [2.05, 4.69) is 207 Å². The van der Waals surface area contributed by atoms with Gasteiger partial charge < -0.3 is 14.4 Å². The Morgan fingerprint density at radius 3 is 1.31 bits per heavy atom. The van der Waals surface area contributed by atoms with Crippen LogP contribution >= 0.6 is 0 Å². The summed E-state index contributed by atoms with van der Waals surface area (Å²) < 4.78 is 24.6. The van der Waals surface area contributed by atoms with E-state index in [1.165, 1.54) is 34.4 Å². The summed E-state index contributed by atoms with van der Waals surface area (Å²) in [5.41, 5.74) is 14.5. The number of aryl methyl sites for hydroxylation is 1. The molecule has 0 aliphatic carbocycles. The first kappa shape index (κ1) is 50.5. The number of aromatic nitrogens is 1. The van der Waals surface area contributed by atoms with Crippen LogP contribution < -0.4 is 4.74 Å². The Hall–Kier alpha value is -5.35. The Bertz CT molecular complexity index is 2850. The highest BCUT2D eigenvalue weighted by atomic mass is 19.1. The van der Waals surface area contributed by atoms with Crippen molar-refractivity contribution in [1.29, 1.82) is 0 Å². The highest BCUT2D eigenvalue weighted by molar-refractivity contribution is 6.11. The van der Waals surface area contributed by atoms with Crippen LogP contribution in [0.15, 0.2) is 97.1 Å². The number of phenolic OH excluding ortho intramolecular Hbond substituents is 1. The molecule has 0 atom stereocenters. The predicted molar refractivity (Wildman–Crippen MR) is 291 cm³/mol. The van der Waals surface area contributed by atoms with Crippen LogP contribution in [0.2, 0.25) is 0 Å². The van der Waals surface area contributed by atoms with Crippen LogP contribution in [0.5, 0.6) is 11.5 Å². The standard InChI is InChI=1S/C64H80FNO2/c1-38(2)68-58-39(3)25-49(65)36-53(58)52-34-48(64(19,20)37-59(4,5)6)35-56(57(52)67)66-54-30-40(42-26-44(60(7,8)9)32-45(27-42)61(10,11)12)21-23-50(54)51-24-22-41(31-55(51)66)43-28-46(62(13,14)15)33-47(29-43)63(16,17)18/h21-36,38,67H,37H2,1-20H3. The summed E-state index contributed by atoms with van der Waals surface area (Å²) >= 11 is 0. The summed E-state index contributed by atoms with van der Waals surface area (Å²) in [4.78, 5) is 0. The molecule has 0 bridgehead atoms. The lowest BCUT2D eigenvalue weighted by Gasteiger charge is -2.34. The van der Waals surface area contributed by atoms with Gasteiger partial charge in [0.25, 0.3) is 0 Å². The average molecular weight is 914 g/mol. The second kappa shape index (κ2) is 17.3. The zero-order valence-electron chi connectivity index (χ0n) is 45.2. The van der Waals surface area contributed by atoms with Crippen LogP contribution in [0.1, 0.15) is 171 Å². The number of phenols is 1. The molecule has 7 rings (SSSR count). The van der Waals surface area contributed by atoms with E-state index < -0.39 is 0 Å². The quantitative estimate of drug-likeness (QED) is 0.165. The van der Waals surface area contributed by atoms with Gasteiger partial charge in [0.15, 0.2) is 0 Å². The monoisotopic (exact) mass is 914 g/mol. The van der Waals surface area contributed by atoms with Crippen LogP contribution in [0.3, 0.4) is 0 Å². The van der Waals surface area contributed by atoms with E-state index in [-0.39, 0.29) is 50.2 Å². The molecule has 7 aromatic rings. The van der Waals surface area contributed by atoms with Gasteiger partial charge in [-0.2, -0.15) is 0 Å². The Kier molecular flexibility index (Phi) is 12.8. The number of nitrogens with zero attached hydrogens (tertiary/aromatic N) is 1. The van der Waals surface area contributed by atoms with Gasteiger partial charge in [0.05, 0.1) is 22.8 Å². The summed E-state index contributed by atoms with van der Waals surface area (Å²) in [6.45, 7) is 44.6. The molecule has 68 heavy (non-hydrogen) atoms. The van der Waals surface area contributed by atoms with E-state index >= 15 is 4.39 Å². The van der Waals surface area contributed by atoms with Gasteiger partial charge in [0.2, 0.25) is 0 Å². The van der Waals surface area contributed by atoms with Gasteiger partial charge in [0.1, 0.15) is 17.3 Å². The normalized spacial score (nSPS) is 13.3. The van der Waals surface area contributed by atoms with Crippen molar-refractivity contribution in [2.75, 3.05) is 0 Å². The minimum Gasteiger partial charge on any atom is -0.505 e. The van der Waals surface area contributed by atoms with Crippen molar-refractivity contribution >= 4 is 21.8 Å². The number of ether oxygens (including phenoxy) is 1. The largest absolute Gasteiger partial charge is 0.505 e. The van der Waals surface area contributed by atoms with Gasteiger partial charge in [0, 0.05) is 21.9 Å². The number of halogens is 1. The SMILES string of the molecule is Cc1cc(F)cc(-c2cc(C(C)(C)CC(C)(C)C)cc(-n3c4cc(-c5cc(C(C)(C)C)cc(C(C)(C)C)c5)ccc4c4ccc(-c5cc(C(C)(C)C)cc(C(C)(C)C)c5)cc43)c2O)c1OC(C)C. The molecule has 0 radical (unpaired) electrons. The van der Waals surface area contributed by atoms with E-state index in [9.17, 15) is 5.11 Å². The van der Waals surface area contributed by atoms with E-state index in [1.807, 2.05) is 20.8 Å². The van der Waals surface area contributed by atoms with Gasteiger partial charge in [-0.3, -0.25) is 0 Å². The van der Waals surface area contributed by atoms with Gasteiger partial charge >= 0.3 is 0 Å². The number of benzene rings is 6. The molecule has 0 fully saturated rings. The van der Waals surface area contributed by atoms with Crippen molar-refractivity contribution in [2.45, 2.75) is 178 Å². The van der Waals surface area contributed by atoms with Crippen LogP contribution in [0, 0.1) is 18.2 Å². The minimum atomic E-state index is -0.376. The number of hydrogen-bond acceptors (Lipinski definition) is 2. The topological polar surface area (TPSA) is 34.4 Å². The van der Waals surface area contributed by atoms with Gasteiger partial charge in [-0.1, -0.05) is 178 Å². The fourth-order valence-corrected chi connectivity index (χ4v) is 10.1. The number of fused-ring (bicyclic) bond motifs is 3. The molecule has 0 saturated carbocycles. The summed E-state index contributed by atoms with van der Waals surface area (Å²) in [7, 11) is 0. The Labute approximate surface area is 409 Å². The third-order valence-corrected chi connectivity index (χ3v) is 13.7. The molecule has 4 heteroatoms. The van der Waals surface area contributed by atoms with Crippen LogP contribution in [0.4, 0.5) is 4.39 Å². The van der Waals surface area contributed by atoms with Crippen molar-refractivity contribution in [2.24, 2.45) is 5.41 Å².